The van der Waals surface area contributed by atoms with Gasteiger partial charge in [0.1, 0.15) is 0 Å². The number of likely N-dealkylation sites (N-methyl/N-ethyl adjacent to an activating group) is 1. The van der Waals surface area contributed by atoms with Crippen LogP contribution in [-0.2, 0) is 4.79 Å². The second-order valence-corrected chi connectivity index (χ2v) is 6.99. The van der Waals surface area contributed by atoms with Gasteiger partial charge in [0.2, 0.25) is 5.91 Å². The average Bonchev–Trinajstić information content (AvgIpc) is 3.04. The third-order valence-electron chi connectivity index (χ3n) is 3.46. The van der Waals surface area contributed by atoms with E-state index in [0.717, 1.165) is 18.4 Å². The number of nitrogens with one attached hydrogen (secondary N) is 2. The standard InChI is InChI=1S/C16H32N4O/c1-7-9-12-10-13(12)18-15(17-8-2)20(6)11-14(21)19-16(3,4)5/h12-13H,7-11H2,1-6H3,(H,17,18)(H,19,21). The van der Waals surface area contributed by atoms with Gasteiger partial charge in [-0.3, -0.25) is 9.79 Å². The Morgan fingerprint density at radius 1 is 1.33 bits per heavy atom. The lowest BCUT2D eigenvalue weighted by atomic mass is 10.1. The lowest BCUT2D eigenvalue weighted by Crippen LogP contribution is -2.49. The summed E-state index contributed by atoms with van der Waals surface area (Å²) in [6, 6.07) is 0.531. The summed E-state index contributed by atoms with van der Waals surface area (Å²) in [5, 5.41) is 6.47. The van der Waals surface area contributed by atoms with Crippen molar-refractivity contribution < 1.29 is 4.79 Å². The molecule has 122 valence electrons. The van der Waals surface area contributed by atoms with E-state index >= 15 is 0 Å². The van der Waals surface area contributed by atoms with Crippen LogP contribution >= 0.6 is 0 Å². The number of carbonyl (C=O) groups is 1. The molecule has 1 saturated carbocycles. The normalized spacial score (nSPS) is 21.9. The molecule has 2 N–H and O–H groups in total. The molecule has 21 heavy (non-hydrogen) atoms. The van der Waals surface area contributed by atoms with E-state index in [2.05, 4.69) is 22.5 Å². The molecule has 1 aliphatic carbocycles. The van der Waals surface area contributed by atoms with E-state index in [4.69, 9.17) is 0 Å². The summed E-state index contributed by atoms with van der Waals surface area (Å²) >= 11 is 0. The largest absolute Gasteiger partial charge is 0.353 e. The van der Waals surface area contributed by atoms with Crippen LogP contribution in [0.1, 0.15) is 53.9 Å². The van der Waals surface area contributed by atoms with Crippen molar-refractivity contribution in [3.63, 3.8) is 0 Å². The maximum absolute atomic E-state index is 12.0. The van der Waals surface area contributed by atoms with Crippen molar-refractivity contribution in [2.24, 2.45) is 10.9 Å². The predicted molar refractivity (Wildman–Crippen MR) is 88.4 cm³/mol. The Bertz CT molecular complexity index is 373. The number of guanidine groups is 1. The minimum atomic E-state index is -0.198. The number of carbonyl (C=O) groups excluding carboxylic acids is 1. The van der Waals surface area contributed by atoms with Gasteiger partial charge in [0.25, 0.3) is 0 Å². The topological polar surface area (TPSA) is 56.7 Å². The SMILES string of the molecule is CCCC1CC1NC(=NCC)N(C)CC(=O)NC(C)(C)C. The van der Waals surface area contributed by atoms with Crippen LogP contribution in [0.25, 0.3) is 0 Å². The van der Waals surface area contributed by atoms with Crippen molar-refractivity contribution in [2.75, 3.05) is 20.1 Å². The summed E-state index contributed by atoms with van der Waals surface area (Å²) in [5.41, 5.74) is -0.198. The molecule has 0 spiro atoms. The first-order chi connectivity index (χ1) is 9.76. The molecule has 1 aliphatic rings. The Labute approximate surface area is 129 Å². The van der Waals surface area contributed by atoms with Crippen LogP contribution in [0, 0.1) is 5.92 Å². The van der Waals surface area contributed by atoms with Crippen molar-refractivity contribution in [2.45, 2.75) is 65.5 Å². The molecule has 2 atom stereocenters. The van der Waals surface area contributed by atoms with Gasteiger partial charge in [-0.1, -0.05) is 13.3 Å². The molecule has 5 heteroatoms. The van der Waals surface area contributed by atoms with Gasteiger partial charge >= 0.3 is 0 Å². The highest BCUT2D eigenvalue weighted by Crippen LogP contribution is 2.34. The Morgan fingerprint density at radius 3 is 2.52 bits per heavy atom. The zero-order valence-corrected chi connectivity index (χ0v) is 14.5. The Morgan fingerprint density at radius 2 is 2.00 bits per heavy atom. The van der Waals surface area contributed by atoms with Crippen LogP contribution in [0.5, 0.6) is 0 Å². The summed E-state index contributed by atoms with van der Waals surface area (Å²) in [4.78, 5) is 18.4. The lowest BCUT2D eigenvalue weighted by Gasteiger charge is -2.25. The van der Waals surface area contributed by atoms with E-state index in [1.165, 1.54) is 19.3 Å². The van der Waals surface area contributed by atoms with Crippen LogP contribution in [0.2, 0.25) is 0 Å². The van der Waals surface area contributed by atoms with Gasteiger partial charge in [-0.25, -0.2) is 0 Å². The molecule has 1 fully saturated rings. The average molecular weight is 296 g/mol. The van der Waals surface area contributed by atoms with Gasteiger partial charge in [-0.05, 0) is 46.5 Å². The van der Waals surface area contributed by atoms with E-state index in [1.807, 2.05) is 39.6 Å². The van der Waals surface area contributed by atoms with Gasteiger partial charge in [0, 0.05) is 25.2 Å². The number of rotatable bonds is 6. The Balaban J connectivity index is 2.49. The minimum Gasteiger partial charge on any atom is -0.353 e. The number of amides is 1. The second-order valence-electron chi connectivity index (χ2n) is 6.99. The predicted octanol–water partition coefficient (Wildman–Crippen LogP) is 1.99. The zero-order chi connectivity index (χ0) is 16.0. The van der Waals surface area contributed by atoms with E-state index in [1.54, 1.807) is 0 Å². The molecule has 0 aromatic carbocycles. The summed E-state index contributed by atoms with van der Waals surface area (Å²) in [7, 11) is 1.92. The second kappa shape index (κ2) is 7.66. The van der Waals surface area contributed by atoms with Gasteiger partial charge in [-0.2, -0.15) is 0 Å². The van der Waals surface area contributed by atoms with Crippen LogP contribution in [-0.4, -0.2) is 48.5 Å². The molecule has 0 saturated heterocycles. The number of hydrogen-bond donors (Lipinski definition) is 2. The molecular formula is C16H32N4O. The molecule has 1 rings (SSSR count). The van der Waals surface area contributed by atoms with Crippen molar-refractivity contribution in [3.05, 3.63) is 0 Å². The molecule has 0 aromatic rings. The molecule has 0 aliphatic heterocycles. The Kier molecular flexibility index (Phi) is 6.49. The monoisotopic (exact) mass is 296 g/mol. The smallest absolute Gasteiger partial charge is 0.240 e. The third-order valence-corrected chi connectivity index (χ3v) is 3.46. The van der Waals surface area contributed by atoms with Crippen molar-refractivity contribution in [3.8, 4) is 0 Å². The fourth-order valence-corrected chi connectivity index (χ4v) is 2.45. The van der Waals surface area contributed by atoms with Crippen molar-refractivity contribution in [1.29, 1.82) is 0 Å². The molecule has 0 heterocycles. The Hall–Kier alpha value is -1.26. The first-order valence-corrected chi connectivity index (χ1v) is 8.10. The molecule has 0 aromatic heterocycles. The lowest BCUT2D eigenvalue weighted by molar-refractivity contribution is -0.122. The van der Waals surface area contributed by atoms with Gasteiger partial charge in [-0.15, -0.1) is 0 Å². The molecule has 0 radical (unpaired) electrons. The maximum Gasteiger partial charge on any atom is 0.240 e. The van der Waals surface area contributed by atoms with E-state index < -0.39 is 0 Å². The van der Waals surface area contributed by atoms with Gasteiger partial charge in [0.05, 0.1) is 6.54 Å². The quantitative estimate of drug-likeness (QED) is 0.582. The molecular weight excluding hydrogens is 264 g/mol. The molecule has 0 bridgehead atoms. The highest BCUT2D eigenvalue weighted by Gasteiger charge is 2.37. The maximum atomic E-state index is 12.0. The zero-order valence-electron chi connectivity index (χ0n) is 14.5. The van der Waals surface area contributed by atoms with Crippen molar-refractivity contribution in [1.82, 2.24) is 15.5 Å². The first kappa shape index (κ1) is 17.8. The van der Waals surface area contributed by atoms with E-state index in [9.17, 15) is 4.79 Å². The van der Waals surface area contributed by atoms with Crippen LogP contribution in [0.15, 0.2) is 4.99 Å². The summed E-state index contributed by atoms with van der Waals surface area (Å²) in [5.74, 6) is 1.63. The van der Waals surface area contributed by atoms with E-state index in [-0.39, 0.29) is 11.4 Å². The minimum absolute atomic E-state index is 0.0245. The summed E-state index contributed by atoms with van der Waals surface area (Å²) in [6.45, 7) is 11.3. The number of aliphatic imine (C=N–C) groups is 1. The fourth-order valence-electron chi connectivity index (χ4n) is 2.45. The van der Waals surface area contributed by atoms with Gasteiger partial charge < -0.3 is 15.5 Å². The number of hydrogen-bond acceptors (Lipinski definition) is 2. The highest BCUT2D eigenvalue weighted by molar-refractivity contribution is 5.87. The highest BCUT2D eigenvalue weighted by atomic mass is 16.2. The van der Waals surface area contributed by atoms with Crippen LogP contribution in [0.4, 0.5) is 0 Å². The van der Waals surface area contributed by atoms with Crippen LogP contribution in [0.3, 0.4) is 0 Å². The van der Waals surface area contributed by atoms with E-state index in [0.29, 0.717) is 12.6 Å². The third kappa shape index (κ3) is 6.82. The summed E-state index contributed by atoms with van der Waals surface area (Å²) in [6.07, 6.45) is 3.72. The van der Waals surface area contributed by atoms with Crippen LogP contribution < -0.4 is 10.6 Å². The fraction of sp³-hybridized carbons (Fsp3) is 0.875. The summed E-state index contributed by atoms with van der Waals surface area (Å²) < 4.78 is 0. The van der Waals surface area contributed by atoms with Gasteiger partial charge in [0.15, 0.2) is 5.96 Å². The first-order valence-electron chi connectivity index (χ1n) is 8.10. The molecule has 1 amide bonds. The molecule has 2 unspecified atom stereocenters. The number of nitrogens with zero attached hydrogens (tertiary/aromatic N) is 2. The van der Waals surface area contributed by atoms with Crippen molar-refractivity contribution >= 4 is 11.9 Å². The molecule has 5 nitrogen and oxygen atoms in total.